The molecule has 6 nitrogen and oxygen atoms in total. The van der Waals surface area contributed by atoms with E-state index in [4.69, 9.17) is 0 Å². The molecule has 1 N–H and O–H groups in total. The number of benzene rings is 1. The van der Waals surface area contributed by atoms with Crippen molar-refractivity contribution in [2.24, 2.45) is 0 Å². The van der Waals surface area contributed by atoms with Crippen LogP contribution in [0.2, 0.25) is 0 Å². The molecule has 2 aromatic rings. The molecule has 0 radical (unpaired) electrons. The molecule has 0 saturated carbocycles. The maximum atomic E-state index is 11.8. The van der Waals surface area contributed by atoms with Crippen molar-refractivity contribution >= 4 is 11.8 Å². The smallest absolute Gasteiger partial charge is 0.325 e. The second-order valence-corrected chi connectivity index (χ2v) is 6.40. The number of hydrogen-bond acceptors (Lipinski definition) is 5. The van der Waals surface area contributed by atoms with Crippen LogP contribution in [0.15, 0.2) is 36.7 Å². The molecule has 1 unspecified atom stereocenters. The van der Waals surface area contributed by atoms with Crippen molar-refractivity contribution in [3.8, 4) is 0 Å². The van der Waals surface area contributed by atoms with Crippen LogP contribution in [0.3, 0.4) is 0 Å². The summed E-state index contributed by atoms with van der Waals surface area (Å²) in [7, 11) is 0. The number of nitrogens with zero attached hydrogens (tertiary/aromatic N) is 4. The fourth-order valence-corrected chi connectivity index (χ4v) is 3.22. The molecule has 1 atom stereocenters. The van der Waals surface area contributed by atoms with Crippen molar-refractivity contribution in [1.82, 2.24) is 14.9 Å². The summed E-state index contributed by atoms with van der Waals surface area (Å²) in [5.41, 5.74) is 2.99. The number of rotatable bonds is 5. The van der Waals surface area contributed by atoms with Crippen LogP contribution < -0.4 is 4.90 Å². The summed E-state index contributed by atoms with van der Waals surface area (Å²) < 4.78 is 0. The molecule has 1 saturated heterocycles. The Morgan fingerprint density at radius 3 is 2.44 bits per heavy atom. The summed E-state index contributed by atoms with van der Waals surface area (Å²) in [6.45, 7) is 6.98. The zero-order valence-electron chi connectivity index (χ0n) is 14.7. The van der Waals surface area contributed by atoms with E-state index < -0.39 is 12.0 Å². The zero-order valence-corrected chi connectivity index (χ0v) is 14.7. The third-order valence-corrected chi connectivity index (χ3v) is 4.70. The molecule has 1 fully saturated rings. The van der Waals surface area contributed by atoms with E-state index in [1.54, 1.807) is 6.33 Å². The molecule has 2 heterocycles. The minimum absolute atomic E-state index is 0.598. The molecule has 1 aliphatic heterocycles. The maximum absolute atomic E-state index is 11.8. The minimum Gasteiger partial charge on any atom is -0.480 e. The highest BCUT2D eigenvalue weighted by Crippen LogP contribution is 2.24. The molecule has 25 heavy (non-hydrogen) atoms. The molecule has 0 aliphatic carbocycles. The number of aryl methyl sites for hydroxylation is 2. The van der Waals surface area contributed by atoms with E-state index in [1.807, 2.05) is 42.2 Å². The summed E-state index contributed by atoms with van der Waals surface area (Å²) >= 11 is 0. The quantitative estimate of drug-likeness (QED) is 0.901. The van der Waals surface area contributed by atoms with Gasteiger partial charge in [0.25, 0.3) is 0 Å². The van der Waals surface area contributed by atoms with Gasteiger partial charge in [-0.05, 0) is 18.9 Å². The Morgan fingerprint density at radius 2 is 1.84 bits per heavy atom. The first-order valence-corrected chi connectivity index (χ1v) is 8.67. The van der Waals surface area contributed by atoms with Gasteiger partial charge < -0.3 is 10.0 Å². The number of carbonyl (C=O) groups is 1. The van der Waals surface area contributed by atoms with Crippen molar-refractivity contribution in [2.45, 2.75) is 26.3 Å². The fraction of sp³-hybridized carbons (Fsp3) is 0.421. The van der Waals surface area contributed by atoms with E-state index in [-0.39, 0.29) is 0 Å². The third kappa shape index (κ3) is 3.96. The summed E-state index contributed by atoms with van der Waals surface area (Å²) in [4.78, 5) is 24.7. The van der Waals surface area contributed by atoms with E-state index >= 15 is 0 Å². The van der Waals surface area contributed by atoms with Gasteiger partial charge in [-0.3, -0.25) is 9.69 Å². The molecule has 6 heteroatoms. The first-order chi connectivity index (χ1) is 12.1. The zero-order chi connectivity index (χ0) is 17.8. The van der Waals surface area contributed by atoms with Gasteiger partial charge in [0.1, 0.15) is 18.2 Å². The van der Waals surface area contributed by atoms with Crippen LogP contribution in [-0.4, -0.2) is 52.1 Å². The average Bonchev–Trinajstić information content (AvgIpc) is 2.64. The fourth-order valence-electron chi connectivity index (χ4n) is 3.22. The summed E-state index contributed by atoms with van der Waals surface area (Å²) in [6.07, 6.45) is 2.48. The topological polar surface area (TPSA) is 69.6 Å². The molecule has 1 aromatic heterocycles. The van der Waals surface area contributed by atoms with Gasteiger partial charge >= 0.3 is 5.97 Å². The van der Waals surface area contributed by atoms with Crippen molar-refractivity contribution in [1.29, 1.82) is 0 Å². The van der Waals surface area contributed by atoms with Gasteiger partial charge in [-0.2, -0.15) is 0 Å². The highest BCUT2D eigenvalue weighted by Gasteiger charge is 2.30. The largest absolute Gasteiger partial charge is 0.480 e. The monoisotopic (exact) mass is 340 g/mol. The number of hydrogen-bond donors (Lipinski definition) is 1. The summed E-state index contributed by atoms with van der Waals surface area (Å²) in [6, 6.07) is 9.18. The van der Waals surface area contributed by atoms with Crippen LogP contribution in [-0.2, 0) is 11.2 Å². The first kappa shape index (κ1) is 17.4. The first-order valence-electron chi connectivity index (χ1n) is 8.67. The number of carboxylic acids is 1. The lowest BCUT2D eigenvalue weighted by Crippen LogP contribution is -2.49. The van der Waals surface area contributed by atoms with Gasteiger partial charge in [-0.1, -0.05) is 36.8 Å². The van der Waals surface area contributed by atoms with Crippen LogP contribution in [0.4, 0.5) is 5.82 Å². The number of aliphatic carboxylic acids is 1. The van der Waals surface area contributed by atoms with Gasteiger partial charge in [0.05, 0.1) is 0 Å². The van der Waals surface area contributed by atoms with E-state index in [1.165, 1.54) is 0 Å². The van der Waals surface area contributed by atoms with Crippen LogP contribution in [0.1, 0.15) is 29.8 Å². The van der Waals surface area contributed by atoms with Gasteiger partial charge in [-0.15, -0.1) is 0 Å². The molecule has 3 rings (SSSR count). The number of aromatic nitrogens is 2. The van der Waals surface area contributed by atoms with Crippen molar-refractivity contribution in [2.75, 3.05) is 31.1 Å². The lowest BCUT2D eigenvalue weighted by molar-refractivity contribution is -0.143. The SMILES string of the molecule is CCc1cc(N2CCN(C(C(=O)O)c3ccc(C)cc3)CC2)ncn1. The molecule has 1 aliphatic rings. The Labute approximate surface area is 148 Å². The summed E-state index contributed by atoms with van der Waals surface area (Å²) in [5, 5.41) is 9.72. The predicted molar refractivity (Wildman–Crippen MR) is 96.8 cm³/mol. The number of anilines is 1. The molecule has 0 bridgehead atoms. The van der Waals surface area contributed by atoms with Crippen LogP contribution in [0, 0.1) is 6.92 Å². The Bertz CT molecular complexity index is 724. The molecule has 1 aromatic carbocycles. The predicted octanol–water partition coefficient (Wildman–Crippen LogP) is 2.30. The van der Waals surface area contributed by atoms with E-state index in [0.717, 1.165) is 42.1 Å². The molecule has 132 valence electrons. The van der Waals surface area contributed by atoms with E-state index in [2.05, 4.69) is 21.8 Å². The molecule has 0 amide bonds. The third-order valence-electron chi connectivity index (χ3n) is 4.70. The average molecular weight is 340 g/mol. The van der Waals surface area contributed by atoms with Crippen LogP contribution >= 0.6 is 0 Å². The lowest BCUT2D eigenvalue weighted by Gasteiger charge is -2.38. The normalized spacial score (nSPS) is 16.6. The van der Waals surface area contributed by atoms with Gasteiger partial charge in [0.2, 0.25) is 0 Å². The Hall–Kier alpha value is -2.47. The van der Waals surface area contributed by atoms with Crippen molar-refractivity contribution in [3.63, 3.8) is 0 Å². The van der Waals surface area contributed by atoms with Gasteiger partial charge in [0.15, 0.2) is 0 Å². The standard InChI is InChI=1S/C19H24N4O2/c1-3-16-12-17(21-13-20-16)22-8-10-23(11-9-22)18(19(24)25)15-6-4-14(2)5-7-15/h4-7,12-13,18H,3,8-11H2,1-2H3,(H,24,25). The lowest BCUT2D eigenvalue weighted by atomic mass is 10.0. The van der Waals surface area contributed by atoms with Crippen molar-refractivity contribution < 1.29 is 9.90 Å². The van der Waals surface area contributed by atoms with Crippen molar-refractivity contribution in [3.05, 3.63) is 53.5 Å². The molecule has 0 spiro atoms. The summed E-state index contributed by atoms with van der Waals surface area (Å²) in [5.74, 6) is 0.126. The van der Waals surface area contributed by atoms with E-state index in [9.17, 15) is 9.90 Å². The number of carboxylic acid groups (broad SMARTS) is 1. The second-order valence-electron chi connectivity index (χ2n) is 6.40. The minimum atomic E-state index is -0.799. The Balaban J connectivity index is 1.71. The van der Waals surface area contributed by atoms with Crippen LogP contribution in [0.5, 0.6) is 0 Å². The Morgan fingerprint density at radius 1 is 1.16 bits per heavy atom. The number of piperazine rings is 1. The van der Waals surface area contributed by atoms with Gasteiger partial charge in [0, 0.05) is 37.9 Å². The highest BCUT2D eigenvalue weighted by atomic mass is 16.4. The highest BCUT2D eigenvalue weighted by molar-refractivity contribution is 5.75. The molecular formula is C19H24N4O2. The Kier molecular flexibility index (Phi) is 5.28. The molecular weight excluding hydrogens is 316 g/mol. The van der Waals surface area contributed by atoms with E-state index in [0.29, 0.717) is 13.1 Å². The second kappa shape index (κ2) is 7.61. The van der Waals surface area contributed by atoms with Gasteiger partial charge in [-0.25, -0.2) is 9.97 Å². The maximum Gasteiger partial charge on any atom is 0.325 e. The van der Waals surface area contributed by atoms with Crippen LogP contribution in [0.25, 0.3) is 0 Å².